The Labute approximate surface area is 145 Å². The molecule has 25 heavy (non-hydrogen) atoms. The third-order valence-corrected chi connectivity index (χ3v) is 3.96. The van der Waals surface area contributed by atoms with Crippen LogP contribution in [0, 0.1) is 11.3 Å². The molecule has 1 unspecified atom stereocenters. The van der Waals surface area contributed by atoms with Crippen molar-refractivity contribution in [2.75, 3.05) is 17.2 Å². The summed E-state index contributed by atoms with van der Waals surface area (Å²) < 4.78 is 5.60. The van der Waals surface area contributed by atoms with E-state index in [4.69, 9.17) is 10.00 Å². The number of Topliss-reactive ketones (excluding diaryl/α,β-unsaturated/α-hetero) is 1. The molecule has 0 saturated carbocycles. The Morgan fingerprint density at radius 3 is 2.76 bits per heavy atom. The summed E-state index contributed by atoms with van der Waals surface area (Å²) in [6, 6.07) is 13.5. The lowest BCUT2D eigenvalue weighted by molar-refractivity contribution is -0.116. The molecule has 1 amide bonds. The summed E-state index contributed by atoms with van der Waals surface area (Å²) >= 11 is 0. The molecule has 6 heteroatoms. The number of amides is 1. The molecule has 2 aromatic carbocycles. The fraction of sp³-hybridized carbons (Fsp3) is 0.211. The van der Waals surface area contributed by atoms with Gasteiger partial charge in [-0.2, -0.15) is 5.26 Å². The van der Waals surface area contributed by atoms with Gasteiger partial charge in [-0.3, -0.25) is 9.59 Å². The van der Waals surface area contributed by atoms with Gasteiger partial charge < -0.3 is 15.4 Å². The van der Waals surface area contributed by atoms with Crippen LogP contribution in [0.4, 0.5) is 11.4 Å². The lowest BCUT2D eigenvalue weighted by Gasteiger charge is -2.22. The van der Waals surface area contributed by atoms with Crippen molar-refractivity contribution in [3.63, 3.8) is 0 Å². The van der Waals surface area contributed by atoms with Crippen LogP contribution >= 0.6 is 0 Å². The molecule has 1 heterocycles. The van der Waals surface area contributed by atoms with Gasteiger partial charge in [-0.25, -0.2) is 0 Å². The van der Waals surface area contributed by atoms with Crippen molar-refractivity contribution in [3.05, 3.63) is 53.6 Å². The second kappa shape index (κ2) is 7.05. The summed E-state index contributed by atoms with van der Waals surface area (Å²) in [6.07, 6.45) is 0.359. The van der Waals surface area contributed by atoms with Crippen molar-refractivity contribution >= 4 is 23.1 Å². The number of carbonyl (C=O) groups excluding carboxylic acids is 2. The maximum absolute atomic E-state index is 12.4. The molecule has 0 saturated heterocycles. The topological polar surface area (TPSA) is 91.2 Å². The van der Waals surface area contributed by atoms with Crippen LogP contribution in [0.2, 0.25) is 0 Å². The first-order chi connectivity index (χ1) is 12.1. The number of benzene rings is 2. The summed E-state index contributed by atoms with van der Waals surface area (Å²) in [4.78, 5) is 24.4. The first-order valence-corrected chi connectivity index (χ1v) is 7.95. The first-order valence-electron chi connectivity index (χ1n) is 7.95. The molecular formula is C19H17N3O3. The molecule has 0 aromatic heterocycles. The predicted octanol–water partition coefficient (Wildman–Crippen LogP) is 2.96. The monoisotopic (exact) mass is 335 g/mol. The highest BCUT2D eigenvalue weighted by atomic mass is 16.5. The number of hydrogen-bond acceptors (Lipinski definition) is 5. The molecule has 0 aliphatic carbocycles. The van der Waals surface area contributed by atoms with Gasteiger partial charge in [-0.15, -0.1) is 0 Å². The van der Waals surface area contributed by atoms with E-state index in [0.717, 1.165) is 0 Å². The van der Waals surface area contributed by atoms with E-state index in [1.807, 2.05) is 6.07 Å². The summed E-state index contributed by atoms with van der Waals surface area (Å²) in [5.74, 6) is 0.225. The van der Waals surface area contributed by atoms with Gasteiger partial charge >= 0.3 is 0 Å². The Kier molecular flexibility index (Phi) is 4.66. The number of ketones is 1. The number of rotatable bonds is 4. The quantitative estimate of drug-likeness (QED) is 0.896. The zero-order valence-electron chi connectivity index (χ0n) is 13.7. The van der Waals surface area contributed by atoms with E-state index >= 15 is 0 Å². The van der Waals surface area contributed by atoms with Crippen LogP contribution in [0.1, 0.15) is 29.3 Å². The number of ether oxygens (including phenoxy) is 1. The average Bonchev–Trinajstić information content (AvgIpc) is 2.63. The van der Waals surface area contributed by atoms with Gasteiger partial charge in [0, 0.05) is 6.42 Å². The second-order valence-corrected chi connectivity index (χ2v) is 5.72. The summed E-state index contributed by atoms with van der Waals surface area (Å²) in [5.41, 5.74) is 1.99. The molecule has 1 atom stereocenters. The Balaban J connectivity index is 1.76. The Morgan fingerprint density at radius 1 is 1.20 bits per heavy atom. The summed E-state index contributed by atoms with van der Waals surface area (Å²) in [5, 5.41) is 14.9. The van der Waals surface area contributed by atoms with Gasteiger partial charge in [0.15, 0.2) is 11.5 Å². The molecule has 2 N–H and O–H groups in total. The van der Waals surface area contributed by atoms with Gasteiger partial charge in [0.1, 0.15) is 12.1 Å². The summed E-state index contributed by atoms with van der Waals surface area (Å²) in [7, 11) is 0. The van der Waals surface area contributed by atoms with Crippen LogP contribution in [0.5, 0.6) is 5.75 Å². The van der Waals surface area contributed by atoms with Crippen molar-refractivity contribution in [2.45, 2.75) is 19.4 Å². The van der Waals surface area contributed by atoms with E-state index < -0.39 is 6.04 Å². The van der Waals surface area contributed by atoms with E-state index in [0.29, 0.717) is 41.3 Å². The maximum atomic E-state index is 12.4. The summed E-state index contributed by atoms with van der Waals surface area (Å²) in [6.45, 7) is 2.04. The zero-order chi connectivity index (χ0) is 17.8. The van der Waals surface area contributed by atoms with Crippen LogP contribution < -0.4 is 15.4 Å². The highest BCUT2D eigenvalue weighted by molar-refractivity contribution is 6.02. The van der Waals surface area contributed by atoms with Crippen LogP contribution in [-0.2, 0) is 4.79 Å². The highest BCUT2D eigenvalue weighted by Crippen LogP contribution is 2.33. The largest absolute Gasteiger partial charge is 0.490 e. The van der Waals surface area contributed by atoms with Crippen LogP contribution in [0.15, 0.2) is 42.5 Å². The van der Waals surface area contributed by atoms with E-state index in [1.54, 1.807) is 49.4 Å². The van der Waals surface area contributed by atoms with Crippen molar-refractivity contribution < 1.29 is 14.3 Å². The van der Waals surface area contributed by atoms with E-state index in [9.17, 15) is 9.59 Å². The molecule has 0 radical (unpaired) electrons. The maximum Gasteiger partial charge on any atom is 0.246 e. The first kappa shape index (κ1) is 16.5. The average molecular weight is 335 g/mol. The predicted molar refractivity (Wildman–Crippen MR) is 93.8 cm³/mol. The number of para-hydroxylation sites is 2. The molecule has 2 aromatic rings. The lowest BCUT2D eigenvalue weighted by Crippen LogP contribution is -2.32. The van der Waals surface area contributed by atoms with Gasteiger partial charge in [0.2, 0.25) is 5.91 Å². The third kappa shape index (κ3) is 3.45. The SMILES string of the molecule is CC(Nc1cccc2c1OCCC2=O)C(=O)Nc1ccccc1C#N. The number of carbonyl (C=O) groups is 2. The molecule has 126 valence electrons. The molecule has 6 nitrogen and oxygen atoms in total. The van der Waals surface area contributed by atoms with E-state index in [-0.39, 0.29) is 11.7 Å². The minimum atomic E-state index is -0.584. The number of fused-ring (bicyclic) bond motifs is 1. The Morgan fingerprint density at radius 2 is 1.96 bits per heavy atom. The number of nitriles is 1. The van der Waals surface area contributed by atoms with Crippen LogP contribution in [-0.4, -0.2) is 24.3 Å². The molecular weight excluding hydrogens is 318 g/mol. The zero-order valence-corrected chi connectivity index (χ0v) is 13.7. The standard InChI is InChI=1S/C19H17N3O3/c1-12(19(24)22-15-7-3-2-5-13(15)11-20)21-16-8-4-6-14-17(23)9-10-25-18(14)16/h2-8,12,21H,9-10H2,1H3,(H,22,24). The number of anilines is 2. The van der Waals surface area contributed by atoms with Gasteiger partial charge in [-0.05, 0) is 31.2 Å². The fourth-order valence-electron chi connectivity index (χ4n) is 2.64. The lowest BCUT2D eigenvalue weighted by atomic mass is 10.0. The van der Waals surface area contributed by atoms with Crippen molar-refractivity contribution in [1.82, 2.24) is 0 Å². The van der Waals surface area contributed by atoms with Crippen molar-refractivity contribution in [3.8, 4) is 11.8 Å². The molecule has 0 fully saturated rings. The molecule has 1 aliphatic heterocycles. The minimum absolute atomic E-state index is 0.0324. The second-order valence-electron chi connectivity index (χ2n) is 5.72. The van der Waals surface area contributed by atoms with Gasteiger partial charge in [0.25, 0.3) is 0 Å². The number of nitrogens with zero attached hydrogens (tertiary/aromatic N) is 1. The van der Waals surface area contributed by atoms with Gasteiger partial charge in [-0.1, -0.05) is 18.2 Å². The molecule has 1 aliphatic rings. The minimum Gasteiger partial charge on any atom is -0.490 e. The molecule has 0 bridgehead atoms. The van der Waals surface area contributed by atoms with Gasteiger partial charge in [0.05, 0.1) is 29.1 Å². The van der Waals surface area contributed by atoms with E-state index in [1.165, 1.54) is 0 Å². The Hall–Kier alpha value is -3.33. The fourth-order valence-corrected chi connectivity index (χ4v) is 2.64. The third-order valence-electron chi connectivity index (χ3n) is 3.96. The van der Waals surface area contributed by atoms with Crippen molar-refractivity contribution in [2.24, 2.45) is 0 Å². The Bertz CT molecular complexity index is 870. The normalized spacial score (nSPS) is 13.8. The molecule has 3 rings (SSSR count). The van der Waals surface area contributed by atoms with E-state index in [2.05, 4.69) is 10.6 Å². The van der Waals surface area contributed by atoms with Crippen molar-refractivity contribution in [1.29, 1.82) is 5.26 Å². The number of hydrogen-bond donors (Lipinski definition) is 2. The van der Waals surface area contributed by atoms with Crippen LogP contribution in [0.25, 0.3) is 0 Å². The highest BCUT2D eigenvalue weighted by Gasteiger charge is 2.23. The number of nitrogens with one attached hydrogen (secondary N) is 2. The smallest absolute Gasteiger partial charge is 0.246 e. The van der Waals surface area contributed by atoms with Crippen LogP contribution in [0.3, 0.4) is 0 Å². The molecule has 0 spiro atoms.